The predicted octanol–water partition coefficient (Wildman–Crippen LogP) is 6.59. The molecule has 0 spiro atoms. The average molecular weight is 703 g/mol. The monoisotopic (exact) mass is 702 g/mol. The minimum atomic E-state index is -4.05. The molecular formula is C38H31BN2O7S2. The van der Waals surface area contributed by atoms with E-state index in [1.165, 1.54) is 14.1 Å². The summed E-state index contributed by atoms with van der Waals surface area (Å²) >= 11 is 0. The van der Waals surface area contributed by atoms with Crippen LogP contribution in [0.25, 0.3) is 21.8 Å². The first kappa shape index (κ1) is 31.9. The van der Waals surface area contributed by atoms with E-state index in [2.05, 4.69) is 0 Å². The van der Waals surface area contributed by atoms with Crippen molar-refractivity contribution in [1.29, 1.82) is 0 Å². The van der Waals surface area contributed by atoms with Crippen LogP contribution in [0, 0.1) is 13.8 Å². The Balaban J connectivity index is 1.37. The minimum Gasteiger partial charge on any atom is -0.532 e. The molecule has 8 rings (SSSR count). The first-order valence-electron chi connectivity index (χ1n) is 15.9. The number of hydrogen-bond acceptors (Lipinski definition) is 7. The van der Waals surface area contributed by atoms with Crippen molar-refractivity contribution in [1.82, 2.24) is 7.94 Å². The summed E-state index contributed by atoms with van der Waals surface area (Å²) in [6, 6.07) is 33.3. The van der Waals surface area contributed by atoms with Gasteiger partial charge in [0.2, 0.25) is 0 Å². The molecule has 1 unspecified atom stereocenters. The number of nitrogens with zero attached hydrogens (tertiary/aromatic N) is 2. The van der Waals surface area contributed by atoms with Gasteiger partial charge in [-0.1, -0.05) is 65.7 Å². The maximum atomic E-state index is 14.2. The van der Waals surface area contributed by atoms with Crippen LogP contribution in [0.15, 0.2) is 137 Å². The molecule has 3 heterocycles. The van der Waals surface area contributed by atoms with E-state index in [-0.39, 0.29) is 9.79 Å². The van der Waals surface area contributed by atoms with Crippen LogP contribution in [-0.4, -0.2) is 39.0 Å². The van der Waals surface area contributed by atoms with Crippen LogP contribution in [0.3, 0.4) is 0 Å². The summed E-state index contributed by atoms with van der Waals surface area (Å²) in [4.78, 5) is 0.293. The molecule has 250 valence electrons. The fourth-order valence-electron chi connectivity index (χ4n) is 6.48. The lowest BCUT2D eigenvalue weighted by Crippen LogP contribution is -2.44. The van der Waals surface area contributed by atoms with E-state index >= 15 is 0 Å². The molecule has 7 aromatic rings. The van der Waals surface area contributed by atoms with Gasteiger partial charge in [-0.2, -0.15) is 0 Å². The maximum Gasteiger partial charge on any atom is 0.563 e. The van der Waals surface area contributed by atoms with Gasteiger partial charge in [0.15, 0.2) is 0 Å². The maximum absolute atomic E-state index is 14.2. The molecule has 2 aromatic heterocycles. The number of methoxy groups -OCH3 is 1. The summed E-state index contributed by atoms with van der Waals surface area (Å²) in [6.07, 6.45) is 2.23. The van der Waals surface area contributed by atoms with Crippen LogP contribution in [0.5, 0.6) is 11.5 Å². The van der Waals surface area contributed by atoms with Gasteiger partial charge in [0.1, 0.15) is 17.6 Å². The molecule has 0 aliphatic carbocycles. The highest BCUT2D eigenvalue weighted by Gasteiger charge is 2.40. The zero-order valence-corrected chi connectivity index (χ0v) is 29.0. The van der Waals surface area contributed by atoms with Gasteiger partial charge in [-0.05, 0) is 80.0 Å². The molecule has 1 aliphatic rings. The van der Waals surface area contributed by atoms with Crippen LogP contribution in [0.2, 0.25) is 0 Å². The van der Waals surface area contributed by atoms with Crippen molar-refractivity contribution in [2.45, 2.75) is 29.7 Å². The second kappa shape index (κ2) is 11.9. The SMILES string of the molecule is COc1ccc2c(c1)c(C1OB(c3ccccc3)Oc3ccc4c(ccn4S(=O)(=O)c4ccc(C)cc4)c31)cn2S(=O)(=O)c1ccc(C)cc1. The third kappa shape index (κ3) is 5.18. The van der Waals surface area contributed by atoms with Crippen molar-refractivity contribution in [3.63, 3.8) is 0 Å². The van der Waals surface area contributed by atoms with Crippen molar-refractivity contribution >= 4 is 54.4 Å². The molecule has 1 atom stereocenters. The summed E-state index contributed by atoms with van der Waals surface area (Å²) in [5, 5.41) is 1.17. The van der Waals surface area contributed by atoms with Gasteiger partial charge < -0.3 is 14.0 Å². The zero-order chi connectivity index (χ0) is 34.8. The van der Waals surface area contributed by atoms with Crippen molar-refractivity contribution in [2.75, 3.05) is 7.11 Å². The number of aryl methyl sites for hydroxylation is 2. The Labute approximate surface area is 290 Å². The topological polar surface area (TPSA) is 106 Å². The quantitative estimate of drug-likeness (QED) is 0.173. The zero-order valence-electron chi connectivity index (χ0n) is 27.3. The fourth-order valence-corrected chi connectivity index (χ4v) is 9.21. The molecule has 0 radical (unpaired) electrons. The van der Waals surface area contributed by atoms with Crippen molar-refractivity contribution < 1.29 is 30.9 Å². The van der Waals surface area contributed by atoms with E-state index in [0.717, 1.165) is 16.6 Å². The van der Waals surface area contributed by atoms with Gasteiger partial charge in [-0.15, -0.1) is 0 Å². The summed E-state index contributed by atoms with van der Waals surface area (Å²) in [6.45, 7) is 3.80. The van der Waals surface area contributed by atoms with E-state index in [1.54, 1.807) is 98.2 Å². The Morgan fingerprint density at radius 2 is 1.28 bits per heavy atom. The Morgan fingerprint density at radius 1 is 0.680 bits per heavy atom. The summed E-state index contributed by atoms with van der Waals surface area (Å²) in [5.74, 6) is 1.02. The minimum absolute atomic E-state index is 0.138. The molecule has 0 amide bonds. The van der Waals surface area contributed by atoms with Gasteiger partial charge in [-0.3, -0.25) is 0 Å². The van der Waals surface area contributed by atoms with E-state index in [4.69, 9.17) is 14.0 Å². The van der Waals surface area contributed by atoms with Crippen molar-refractivity contribution in [3.8, 4) is 11.5 Å². The smallest absolute Gasteiger partial charge is 0.532 e. The number of benzene rings is 5. The van der Waals surface area contributed by atoms with E-state index < -0.39 is 33.3 Å². The Hall–Kier alpha value is -5.30. The Kier molecular flexibility index (Phi) is 7.63. The van der Waals surface area contributed by atoms with Gasteiger partial charge in [-0.25, -0.2) is 24.8 Å². The average Bonchev–Trinajstić information content (AvgIpc) is 3.75. The normalized spacial score (nSPS) is 14.9. The second-order valence-corrected chi connectivity index (χ2v) is 15.9. The highest BCUT2D eigenvalue weighted by Crippen LogP contribution is 2.46. The summed E-state index contributed by atoms with van der Waals surface area (Å²) < 4.78 is 77.6. The number of rotatable bonds is 7. The number of hydrogen-bond donors (Lipinski definition) is 0. The van der Waals surface area contributed by atoms with E-state index in [0.29, 0.717) is 44.4 Å². The van der Waals surface area contributed by atoms with Gasteiger partial charge in [0.05, 0.1) is 27.9 Å². The number of aromatic nitrogens is 2. The highest BCUT2D eigenvalue weighted by molar-refractivity contribution is 7.90. The van der Waals surface area contributed by atoms with Crippen LogP contribution in [0.1, 0.15) is 28.4 Å². The first-order valence-corrected chi connectivity index (χ1v) is 18.8. The van der Waals surface area contributed by atoms with E-state index in [1.807, 2.05) is 44.2 Å². The molecule has 5 aromatic carbocycles. The second-order valence-electron chi connectivity index (χ2n) is 12.3. The third-order valence-electron chi connectivity index (χ3n) is 9.11. The van der Waals surface area contributed by atoms with Crippen molar-refractivity contribution in [3.05, 3.63) is 150 Å². The van der Waals surface area contributed by atoms with Crippen LogP contribution >= 0.6 is 0 Å². The first-order chi connectivity index (χ1) is 24.1. The van der Waals surface area contributed by atoms with Gasteiger partial charge in [0, 0.05) is 34.3 Å². The predicted molar refractivity (Wildman–Crippen MR) is 193 cm³/mol. The van der Waals surface area contributed by atoms with Crippen molar-refractivity contribution in [2.24, 2.45) is 0 Å². The third-order valence-corrected chi connectivity index (χ3v) is 12.5. The number of fused-ring (bicyclic) bond motifs is 4. The highest BCUT2D eigenvalue weighted by atomic mass is 32.2. The lowest BCUT2D eigenvalue weighted by Gasteiger charge is -2.31. The fraction of sp³-hybridized carbons (Fsp3) is 0.105. The van der Waals surface area contributed by atoms with Gasteiger partial charge >= 0.3 is 7.12 Å². The van der Waals surface area contributed by atoms with Crippen LogP contribution in [0.4, 0.5) is 0 Å². The molecule has 50 heavy (non-hydrogen) atoms. The molecule has 0 saturated carbocycles. The number of ether oxygens (including phenoxy) is 1. The molecule has 9 nitrogen and oxygen atoms in total. The standard InChI is InChI=1S/C38H31BN2O7S2/c1-25-9-14-29(15-10-25)49(42,43)40-22-21-31-34(40)19-20-36-37(31)38(48-39(47-36)27-7-5-4-6-8-27)33-24-41(35-18-13-28(46-3)23-32(33)35)50(44,45)30-16-11-26(2)12-17-30/h4-24,38H,1-3H3. The largest absolute Gasteiger partial charge is 0.563 e. The molecular weight excluding hydrogens is 671 g/mol. The van der Waals surface area contributed by atoms with Gasteiger partial charge in [0.25, 0.3) is 20.0 Å². The van der Waals surface area contributed by atoms with Crippen LogP contribution in [-0.2, 0) is 24.7 Å². The summed E-state index contributed by atoms with van der Waals surface area (Å²) in [7, 11) is -7.30. The Morgan fingerprint density at radius 3 is 1.92 bits per heavy atom. The lowest BCUT2D eigenvalue weighted by molar-refractivity contribution is 0.194. The molecule has 12 heteroatoms. The molecule has 0 fully saturated rings. The van der Waals surface area contributed by atoms with E-state index in [9.17, 15) is 16.8 Å². The molecule has 1 aliphatic heterocycles. The van der Waals surface area contributed by atoms with Crippen LogP contribution < -0.4 is 14.9 Å². The Bertz CT molecular complexity index is 2630. The molecule has 0 bridgehead atoms. The molecule has 0 saturated heterocycles. The molecule has 0 N–H and O–H groups in total. The lowest BCUT2D eigenvalue weighted by atomic mass is 9.76. The summed E-state index contributed by atoms with van der Waals surface area (Å²) in [5.41, 5.74) is 4.61.